The lowest BCUT2D eigenvalue weighted by Gasteiger charge is -2.10. The van der Waals surface area contributed by atoms with E-state index in [1.807, 2.05) is 0 Å². The van der Waals surface area contributed by atoms with Crippen molar-refractivity contribution in [3.8, 4) is 11.3 Å². The molecule has 150 valence electrons. The van der Waals surface area contributed by atoms with Gasteiger partial charge in [-0.2, -0.15) is 5.10 Å². The average molecular weight is 414 g/mol. The first-order valence-corrected chi connectivity index (χ1v) is 9.99. The Morgan fingerprint density at radius 3 is 2.41 bits per heavy atom. The number of amides is 1. The fourth-order valence-corrected chi connectivity index (χ4v) is 4.13. The summed E-state index contributed by atoms with van der Waals surface area (Å²) >= 11 is 0. The van der Waals surface area contributed by atoms with E-state index in [1.54, 1.807) is 33.0 Å². The molecule has 0 aliphatic rings. The molecular formula is C19H18N4O5S. The number of nitrogens with one attached hydrogen (secondary N) is 1. The molecule has 0 aliphatic heterocycles. The highest BCUT2D eigenvalue weighted by atomic mass is 32.2. The van der Waals surface area contributed by atoms with Gasteiger partial charge in [0.15, 0.2) is 0 Å². The molecule has 0 radical (unpaired) electrons. The van der Waals surface area contributed by atoms with E-state index in [2.05, 4.69) is 9.82 Å². The summed E-state index contributed by atoms with van der Waals surface area (Å²) in [5.41, 5.74) is 1.86. The van der Waals surface area contributed by atoms with E-state index in [1.165, 1.54) is 41.2 Å². The van der Waals surface area contributed by atoms with Crippen molar-refractivity contribution >= 4 is 21.6 Å². The Bertz CT molecular complexity index is 1210. The highest BCUT2D eigenvalue weighted by molar-refractivity contribution is 7.90. The molecule has 3 aromatic rings. The summed E-state index contributed by atoms with van der Waals surface area (Å²) in [5, 5.41) is 15.0. The molecule has 0 saturated heterocycles. The van der Waals surface area contributed by atoms with E-state index in [-0.39, 0.29) is 21.8 Å². The second-order valence-corrected chi connectivity index (χ2v) is 8.22. The molecule has 3 rings (SSSR count). The van der Waals surface area contributed by atoms with E-state index in [4.69, 9.17) is 0 Å². The topological polar surface area (TPSA) is 124 Å². The molecule has 10 heteroatoms. The van der Waals surface area contributed by atoms with Crippen molar-refractivity contribution in [1.29, 1.82) is 0 Å². The van der Waals surface area contributed by atoms with Gasteiger partial charge in [-0.05, 0) is 43.2 Å². The molecule has 1 amide bonds. The normalized spacial score (nSPS) is 11.3. The number of hydrogen-bond donors (Lipinski definition) is 1. The minimum absolute atomic E-state index is 0.0200. The maximum atomic E-state index is 12.8. The summed E-state index contributed by atoms with van der Waals surface area (Å²) in [6.07, 6.45) is 1.39. The molecule has 0 fully saturated rings. The summed E-state index contributed by atoms with van der Waals surface area (Å²) in [6, 6.07) is 10.4. The lowest BCUT2D eigenvalue weighted by Crippen LogP contribution is -2.31. The van der Waals surface area contributed by atoms with Gasteiger partial charge in [0, 0.05) is 30.9 Å². The monoisotopic (exact) mass is 414 g/mol. The number of carbonyl (C=O) groups is 1. The molecule has 0 bridgehead atoms. The third kappa shape index (κ3) is 4.16. The SMILES string of the molecule is Cc1ccc(C)c(S(=O)(=O)NC(=O)c2cn(C)nc2-c2ccc([N+](=O)[O-])cc2)c1. The van der Waals surface area contributed by atoms with Gasteiger partial charge in [-0.3, -0.25) is 19.6 Å². The zero-order chi connectivity index (χ0) is 21.3. The molecule has 1 aromatic heterocycles. The molecule has 1 heterocycles. The fourth-order valence-electron chi connectivity index (χ4n) is 2.84. The molecule has 0 atom stereocenters. The van der Waals surface area contributed by atoms with Gasteiger partial charge < -0.3 is 0 Å². The number of nitrogens with zero attached hydrogens (tertiary/aromatic N) is 3. The number of rotatable bonds is 5. The van der Waals surface area contributed by atoms with Crippen LogP contribution >= 0.6 is 0 Å². The van der Waals surface area contributed by atoms with Gasteiger partial charge >= 0.3 is 0 Å². The molecule has 0 aliphatic carbocycles. The quantitative estimate of drug-likeness (QED) is 0.506. The molecule has 9 nitrogen and oxygen atoms in total. The summed E-state index contributed by atoms with van der Waals surface area (Å²) in [5.74, 6) is -0.840. The standard InChI is InChI=1S/C19H18N4O5S/c1-12-4-5-13(2)17(10-12)29(27,28)21-19(24)16-11-22(3)20-18(16)14-6-8-15(9-7-14)23(25)26/h4-11H,1-3H3,(H,21,24). The van der Waals surface area contributed by atoms with E-state index >= 15 is 0 Å². The number of aromatic nitrogens is 2. The molecule has 2 aromatic carbocycles. The minimum Gasteiger partial charge on any atom is -0.274 e. The Kier molecular flexibility index (Phi) is 5.21. The van der Waals surface area contributed by atoms with Gasteiger partial charge in [-0.25, -0.2) is 13.1 Å². The maximum absolute atomic E-state index is 12.8. The number of sulfonamides is 1. The fraction of sp³-hybridized carbons (Fsp3) is 0.158. The van der Waals surface area contributed by atoms with Crippen LogP contribution in [-0.2, 0) is 17.1 Å². The van der Waals surface area contributed by atoms with Gasteiger partial charge in [0.25, 0.3) is 21.6 Å². The summed E-state index contributed by atoms with van der Waals surface area (Å²) in [4.78, 5) is 23.1. The predicted octanol–water partition coefficient (Wildman–Crippen LogP) is 2.73. The van der Waals surface area contributed by atoms with E-state index in [9.17, 15) is 23.3 Å². The van der Waals surface area contributed by atoms with Gasteiger partial charge in [0.2, 0.25) is 0 Å². The van der Waals surface area contributed by atoms with Crippen LogP contribution in [-0.4, -0.2) is 29.0 Å². The van der Waals surface area contributed by atoms with Crippen LogP contribution in [0.3, 0.4) is 0 Å². The number of nitro groups is 1. The van der Waals surface area contributed by atoms with Gasteiger partial charge in [0.1, 0.15) is 5.69 Å². The van der Waals surface area contributed by atoms with Crippen LogP contribution < -0.4 is 4.72 Å². The van der Waals surface area contributed by atoms with Crippen LogP contribution in [0.4, 0.5) is 5.69 Å². The minimum atomic E-state index is -4.09. The number of benzene rings is 2. The van der Waals surface area contributed by atoms with Gasteiger partial charge in [-0.15, -0.1) is 0 Å². The maximum Gasteiger partial charge on any atom is 0.269 e. The van der Waals surface area contributed by atoms with Crippen molar-refractivity contribution in [2.24, 2.45) is 7.05 Å². The smallest absolute Gasteiger partial charge is 0.269 e. The van der Waals surface area contributed by atoms with Crippen LogP contribution in [0, 0.1) is 24.0 Å². The van der Waals surface area contributed by atoms with Gasteiger partial charge in [-0.1, -0.05) is 12.1 Å². The van der Waals surface area contributed by atoms with E-state index in [0.29, 0.717) is 11.1 Å². The highest BCUT2D eigenvalue weighted by Crippen LogP contribution is 2.25. The van der Waals surface area contributed by atoms with Crippen molar-refractivity contribution in [3.63, 3.8) is 0 Å². The first-order valence-electron chi connectivity index (χ1n) is 8.51. The van der Waals surface area contributed by atoms with Crippen LogP contribution in [0.2, 0.25) is 0 Å². The Hall–Kier alpha value is -3.53. The number of aryl methyl sites for hydroxylation is 3. The summed E-state index contributed by atoms with van der Waals surface area (Å²) < 4.78 is 28.9. The third-order valence-electron chi connectivity index (χ3n) is 4.29. The second kappa shape index (κ2) is 7.47. The van der Waals surface area contributed by atoms with Crippen LogP contribution in [0.5, 0.6) is 0 Å². The number of non-ortho nitro benzene ring substituents is 1. The Morgan fingerprint density at radius 2 is 1.79 bits per heavy atom. The van der Waals surface area contributed by atoms with E-state index in [0.717, 1.165) is 5.56 Å². The number of nitro benzene ring substituents is 1. The van der Waals surface area contributed by atoms with Crippen molar-refractivity contribution in [3.05, 3.63) is 75.5 Å². The summed E-state index contributed by atoms with van der Waals surface area (Å²) in [7, 11) is -2.51. The predicted molar refractivity (Wildman–Crippen MR) is 106 cm³/mol. The average Bonchev–Trinajstić information content (AvgIpc) is 3.05. The molecule has 1 N–H and O–H groups in total. The third-order valence-corrected chi connectivity index (χ3v) is 5.76. The summed E-state index contributed by atoms with van der Waals surface area (Å²) in [6.45, 7) is 3.40. The highest BCUT2D eigenvalue weighted by Gasteiger charge is 2.25. The zero-order valence-electron chi connectivity index (χ0n) is 15.9. The first kappa shape index (κ1) is 20.2. The van der Waals surface area contributed by atoms with Crippen molar-refractivity contribution in [2.45, 2.75) is 18.7 Å². The Labute approximate surface area is 167 Å². The molecule has 29 heavy (non-hydrogen) atoms. The molecule has 0 spiro atoms. The second-order valence-electron chi connectivity index (χ2n) is 6.57. The van der Waals surface area contributed by atoms with Gasteiger partial charge in [0.05, 0.1) is 15.4 Å². The Morgan fingerprint density at radius 1 is 1.14 bits per heavy atom. The van der Waals surface area contributed by atoms with Crippen molar-refractivity contribution < 1.29 is 18.1 Å². The van der Waals surface area contributed by atoms with Crippen molar-refractivity contribution in [1.82, 2.24) is 14.5 Å². The van der Waals surface area contributed by atoms with E-state index < -0.39 is 20.9 Å². The van der Waals surface area contributed by atoms with Crippen molar-refractivity contribution in [2.75, 3.05) is 0 Å². The van der Waals surface area contributed by atoms with Crippen LogP contribution in [0.1, 0.15) is 21.5 Å². The molecular weight excluding hydrogens is 396 g/mol. The zero-order valence-corrected chi connectivity index (χ0v) is 16.7. The first-order chi connectivity index (χ1) is 13.6. The Balaban J connectivity index is 1.96. The molecule has 0 saturated carbocycles. The lowest BCUT2D eigenvalue weighted by molar-refractivity contribution is -0.384. The van der Waals surface area contributed by atoms with Crippen LogP contribution in [0.15, 0.2) is 53.6 Å². The number of hydrogen-bond acceptors (Lipinski definition) is 6. The number of carbonyl (C=O) groups excluding carboxylic acids is 1. The lowest BCUT2D eigenvalue weighted by atomic mass is 10.1. The largest absolute Gasteiger partial charge is 0.274 e. The molecule has 0 unspecified atom stereocenters. The van der Waals surface area contributed by atoms with Crippen LogP contribution in [0.25, 0.3) is 11.3 Å².